The van der Waals surface area contributed by atoms with Crippen LogP contribution < -0.4 is 9.47 Å². The van der Waals surface area contributed by atoms with E-state index in [1.165, 1.54) is 6.07 Å². The molecule has 2 heterocycles. The largest absolute Gasteiger partial charge is 0.462 e. The van der Waals surface area contributed by atoms with Gasteiger partial charge in [-0.05, 0) is 73.7 Å². The van der Waals surface area contributed by atoms with E-state index >= 15 is 0 Å². The first-order valence-corrected chi connectivity index (χ1v) is 10.1. The Balaban J connectivity index is 1.91. The summed E-state index contributed by atoms with van der Waals surface area (Å²) in [7, 11) is 0. The molecule has 2 aliphatic rings. The van der Waals surface area contributed by atoms with Crippen molar-refractivity contribution < 1.29 is 14.3 Å². The smallest absolute Gasteiger partial charge is 0.249 e. The Bertz CT molecular complexity index is 1310. The fourth-order valence-electron chi connectivity index (χ4n) is 3.57. The number of carbonyl (C=O) groups is 1. The molecule has 0 fully saturated rings. The minimum atomic E-state index is -0.682. The van der Waals surface area contributed by atoms with Crippen molar-refractivity contribution in [3.8, 4) is 11.5 Å². The van der Waals surface area contributed by atoms with Gasteiger partial charge in [-0.15, -0.1) is 0 Å². The van der Waals surface area contributed by atoms with E-state index in [0.29, 0.717) is 35.1 Å². The second-order valence-corrected chi connectivity index (χ2v) is 7.49. The molecule has 2 aliphatic heterocycles. The maximum atomic E-state index is 12.0. The van der Waals surface area contributed by atoms with Gasteiger partial charge in [0.1, 0.15) is 17.1 Å². The number of allylic oxidation sites excluding steroid dienone is 2. The highest BCUT2D eigenvalue weighted by atomic mass is 16.5. The molecule has 8 nitrogen and oxygen atoms in total. The third-order valence-corrected chi connectivity index (χ3v) is 5.21. The molecule has 2 aromatic carbocycles. The molecule has 0 bridgehead atoms. The summed E-state index contributed by atoms with van der Waals surface area (Å²) in [6.07, 6.45) is 2.31. The van der Waals surface area contributed by atoms with Crippen LogP contribution in [0.3, 0.4) is 0 Å². The molecule has 0 spiro atoms. The molecular formula is C24H21N5O3. The average molecular weight is 427 g/mol. The highest BCUT2D eigenvalue weighted by Gasteiger charge is 2.26. The number of benzene rings is 2. The first-order valence-electron chi connectivity index (χ1n) is 10.1. The molecular weight excluding hydrogens is 406 g/mol. The van der Waals surface area contributed by atoms with Crippen LogP contribution in [0.25, 0.3) is 10.4 Å². The zero-order valence-corrected chi connectivity index (χ0v) is 18.2. The van der Waals surface area contributed by atoms with Crippen molar-refractivity contribution in [2.75, 3.05) is 0 Å². The van der Waals surface area contributed by atoms with Crippen LogP contribution in [-0.4, -0.2) is 17.3 Å². The van der Waals surface area contributed by atoms with Crippen LogP contribution in [0.15, 0.2) is 74.7 Å². The maximum absolute atomic E-state index is 12.0. The fourth-order valence-corrected chi connectivity index (χ4v) is 3.57. The van der Waals surface area contributed by atoms with E-state index in [9.17, 15) is 4.79 Å². The highest BCUT2D eigenvalue weighted by molar-refractivity contribution is 6.18. The summed E-state index contributed by atoms with van der Waals surface area (Å²) in [4.78, 5) is 24.1. The van der Waals surface area contributed by atoms with E-state index in [2.05, 4.69) is 10.0 Å². The van der Waals surface area contributed by atoms with Crippen molar-refractivity contribution in [1.29, 1.82) is 0 Å². The number of carbonyl (C=O) groups excluding carboxylic acids is 1. The Morgan fingerprint density at radius 3 is 2.56 bits per heavy atom. The lowest BCUT2D eigenvalue weighted by Crippen LogP contribution is -2.20. The summed E-state index contributed by atoms with van der Waals surface area (Å²) in [5, 5.41) is 3.15. The van der Waals surface area contributed by atoms with Gasteiger partial charge < -0.3 is 9.47 Å². The van der Waals surface area contributed by atoms with Crippen LogP contribution in [0.2, 0.25) is 0 Å². The van der Waals surface area contributed by atoms with Gasteiger partial charge in [0.2, 0.25) is 5.91 Å². The Hall–Kier alpha value is -4.16. The van der Waals surface area contributed by atoms with E-state index in [1.807, 2.05) is 45.9 Å². The van der Waals surface area contributed by atoms with Crippen LogP contribution in [0.1, 0.15) is 43.1 Å². The first-order chi connectivity index (χ1) is 15.4. The van der Waals surface area contributed by atoms with Gasteiger partial charge in [-0.2, -0.15) is 0 Å². The summed E-state index contributed by atoms with van der Waals surface area (Å²) in [6, 6.07) is 10.6. The van der Waals surface area contributed by atoms with E-state index in [-0.39, 0.29) is 5.56 Å². The number of hydrogen-bond acceptors (Lipinski definition) is 5. The van der Waals surface area contributed by atoms with Crippen molar-refractivity contribution in [3.05, 3.63) is 81.1 Å². The van der Waals surface area contributed by atoms with E-state index in [0.717, 1.165) is 28.1 Å². The Labute approximate surface area is 185 Å². The number of hydrogen-bond donors (Lipinski definition) is 0. The summed E-state index contributed by atoms with van der Waals surface area (Å²) in [6.45, 7) is 7.86. The Kier molecular flexibility index (Phi) is 5.62. The summed E-state index contributed by atoms with van der Waals surface area (Å²) in [5.41, 5.74) is 14.2. The van der Waals surface area contributed by atoms with Gasteiger partial charge in [0.15, 0.2) is 17.3 Å². The van der Waals surface area contributed by atoms with E-state index in [4.69, 9.17) is 25.0 Å². The van der Waals surface area contributed by atoms with E-state index in [1.54, 1.807) is 18.4 Å². The van der Waals surface area contributed by atoms with E-state index < -0.39 is 5.91 Å². The second kappa shape index (κ2) is 8.53. The van der Waals surface area contributed by atoms with Gasteiger partial charge in [-0.3, -0.25) is 4.79 Å². The molecule has 0 aliphatic carbocycles. The number of ether oxygens (including phenoxy) is 2. The molecule has 0 unspecified atom stereocenters. The molecule has 2 aromatic rings. The summed E-state index contributed by atoms with van der Waals surface area (Å²) < 4.78 is 12.2. The van der Waals surface area contributed by atoms with Gasteiger partial charge in [-0.25, -0.2) is 9.98 Å². The van der Waals surface area contributed by atoms with Crippen molar-refractivity contribution in [3.63, 3.8) is 0 Å². The predicted molar refractivity (Wildman–Crippen MR) is 123 cm³/mol. The number of aliphatic imine (C=N–C) groups is 2. The molecule has 0 saturated carbocycles. The first kappa shape index (κ1) is 21.1. The summed E-state index contributed by atoms with van der Waals surface area (Å²) >= 11 is 0. The number of nitrogens with zero attached hydrogens (tertiary/aromatic N) is 5. The highest BCUT2D eigenvalue weighted by Crippen LogP contribution is 2.39. The lowest BCUT2D eigenvalue weighted by atomic mass is 9.99. The molecule has 32 heavy (non-hydrogen) atoms. The predicted octanol–water partition coefficient (Wildman–Crippen LogP) is 6.66. The molecule has 0 radical (unpaired) electrons. The quantitative estimate of drug-likeness (QED) is 0.303. The third kappa shape index (κ3) is 3.91. The zero-order chi connectivity index (χ0) is 22.8. The third-order valence-electron chi connectivity index (χ3n) is 5.21. The molecule has 4 rings (SSSR count). The number of rotatable bonds is 2. The topological polar surface area (TPSA) is 109 Å². The van der Waals surface area contributed by atoms with Gasteiger partial charge >= 0.3 is 0 Å². The lowest BCUT2D eigenvalue weighted by molar-refractivity contribution is 0.1000. The number of fused-ring (bicyclic) bond motifs is 3. The maximum Gasteiger partial charge on any atom is 0.249 e. The molecule has 160 valence electrons. The monoisotopic (exact) mass is 427 g/mol. The molecule has 0 N–H and O–H groups in total. The lowest BCUT2D eigenvalue weighted by Gasteiger charge is -2.24. The SMILES string of the molecule is CC/C1=C2\Oc3cc(C(=O)N=[N+]=[N-])ccc3N=C2/C(C)=C/Oc2cc(C)ccc2N=C1C. The van der Waals surface area contributed by atoms with Crippen molar-refractivity contribution >= 4 is 28.7 Å². The van der Waals surface area contributed by atoms with Gasteiger partial charge in [0.25, 0.3) is 0 Å². The molecule has 0 aromatic heterocycles. The number of aryl methyl sites for hydroxylation is 1. The van der Waals surface area contributed by atoms with Crippen molar-refractivity contribution in [2.45, 2.75) is 34.1 Å². The normalized spacial score (nSPS) is 18.7. The minimum absolute atomic E-state index is 0.226. The molecule has 0 atom stereocenters. The van der Waals surface area contributed by atoms with Gasteiger partial charge in [0.05, 0.1) is 6.26 Å². The minimum Gasteiger partial charge on any atom is -0.462 e. The van der Waals surface area contributed by atoms with Crippen molar-refractivity contribution in [2.24, 2.45) is 15.1 Å². The number of azide groups is 1. The Morgan fingerprint density at radius 1 is 1.06 bits per heavy atom. The Morgan fingerprint density at radius 2 is 1.81 bits per heavy atom. The average Bonchev–Trinajstić information content (AvgIpc) is 2.78. The van der Waals surface area contributed by atoms with Crippen LogP contribution >= 0.6 is 0 Å². The molecule has 8 heteroatoms. The fraction of sp³-hybridized carbons (Fsp3) is 0.208. The van der Waals surface area contributed by atoms with Crippen molar-refractivity contribution in [1.82, 2.24) is 0 Å². The summed E-state index contributed by atoms with van der Waals surface area (Å²) in [5.74, 6) is 0.950. The standard InChI is InChI=1S/C24H21N5O3/c1-5-17-15(4)26-18-8-6-13(2)10-20(18)31-12-14(3)22-23(17)32-21-11-16(24(30)28-29-25)7-9-19(21)27-22/h6-12H,5H2,1-4H3/b14-12+,23-17+,26-15?. The second-order valence-electron chi connectivity index (χ2n) is 7.49. The van der Waals surface area contributed by atoms with Crippen LogP contribution in [0.5, 0.6) is 11.5 Å². The van der Waals surface area contributed by atoms with Crippen LogP contribution in [0.4, 0.5) is 11.4 Å². The van der Waals surface area contributed by atoms with Crippen LogP contribution in [0, 0.1) is 6.92 Å². The molecule has 0 saturated heterocycles. The van der Waals surface area contributed by atoms with Gasteiger partial charge in [-0.1, -0.05) is 13.0 Å². The molecule has 1 amide bonds. The van der Waals surface area contributed by atoms with Gasteiger partial charge in [0, 0.05) is 27.3 Å². The van der Waals surface area contributed by atoms with Crippen LogP contribution in [-0.2, 0) is 0 Å². The number of amides is 1. The zero-order valence-electron chi connectivity index (χ0n) is 18.2.